The van der Waals surface area contributed by atoms with Crippen molar-refractivity contribution in [3.05, 3.63) is 70.8 Å². The molecule has 1 aromatic carbocycles. The van der Waals surface area contributed by atoms with E-state index in [1.807, 2.05) is 6.07 Å². The summed E-state index contributed by atoms with van der Waals surface area (Å²) in [5, 5.41) is 13.5. The van der Waals surface area contributed by atoms with Crippen LogP contribution in [0.5, 0.6) is 0 Å². The summed E-state index contributed by atoms with van der Waals surface area (Å²) >= 11 is 0. The van der Waals surface area contributed by atoms with E-state index in [4.69, 9.17) is 0 Å². The third kappa shape index (κ3) is 2.08. The lowest BCUT2D eigenvalue weighted by molar-refractivity contribution is -0.0710. The minimum atomic E-state index is -3.47. The van der Waals surface area contributed by atoms with Crippen molar-refractivity contribution in [1.82, 2.24) is 9.61 Å². The Hall–Kier alpha value is -3.14. The molecule has 0 N–H and O–H groups in total. The third-order valence-corrected chi connectivity index (χ3v) is 4.60. The Kier molecular flexibility index (Phi) is 3.25. The Morgan fingerprint density at radius 2 is 1.81 bits per heavy atom. The lowest BCUT2D eigenvalue weighted by Gasteiger charge is -2.37. The minimum absolute atomic E-state index is 0.00633. The number of aliphatic imine (C=N–C) groups is 1. The quantitative estimate of drug-likeness (QED) is 0.662. The van der Waals surface area contributed by atoms with Crippen molar-refractivity contribution in [1.29, 1.82) is 5.26 Å². The number of halogens is 3. The molecule has 7 heteroatoms. The van der Waals surface area contributed by atoms with Gasteiger partial charge in [0.05, 0.1) is 16.8 Å². The molecular weight excluding hydrogens is 341 g/mol. The minimum Gasteiger partial charge on any atom is -0.270 e. The highest BCUT2D eigenvalue weighted by Crippen LogP contribution is 2.47. The van der Waals surface area contributed by atoms with E-state index < -0.39 is 22.8 Å². The van der Waals surface area contributed by atoms with Crippen LogP contribution >= 0.6 is 0 Å². The molecule has 4 nitrogen and oxygen atoms in total. The molecule has 26 heavy (non-hydrogen) atoms. The highest BCUT2D eigenvalue weighted by molar-refractivity contribution is 6.13. The first kappa shape index (κ1) is 16.3. The van der Waals surface area contributed by atoms with Crippen molar-refractivity contribution in [2.24, 2.45) is 4.99 Å². The number of hydrogen-bond acceptors (Lipinski definition) is 3. The van der Waals surface area contributed by atoms with Crippen LogP contribution in [0.25, 0.3) is 5.52 Å². The van der Waals surface area contributed by atoms with E-state index >= 15 is 0 Å². The van der Waals surface area contributed by atoms with Crippen molar-refractivity contribution in [3.8, 4) is 6.07 Å². The summed E-state index contributed by atoms with van der Waals surface area (Å²) in [7, 11) is 0. The molecule has 0 unspecified atom stereocenters. The van der Waals surface area contributed by atoms with Gasteiger partial charge >= 0.3 is 5.92 Å². The number of hydrogen-bond donors (Lipinski definition) is 0. The number of rotatable bonds is 1. The Morgan fingerprint density at radius 3 is 2.54 bits per heavy atom. The van der Waals surface area contributed by atoms with E-state index in [2.05, 4.69) is 10.1 Å². The Labute approximate surface area is 147 Å². The molecule has 0 saturated heterocycles. The standard InChI is InChI=1S/C19H13F3N4/c1-18(2)19(21,22)16-13(4-3-5-14(16)20)17(24-18)15-9-8-11-6-7-12(10-23)26(11)25-15/h3-9H,1-2H3. The highest BCUT2D eigenvalue weighted by Gasteiger charge is 2.54. The van der Waals surface area contributed by atoms with Crippen molar-refractivity contribution in [3.63, 3.8) is 0 Å². The summed E-state index contributed by atoms with van der Waals surface area (Å²) in [6.45, 7) is 2.52. The lowest BCUT2D eigenvalue weighted by atomic mass is 9.82. The van der Waals surface area contributed by atoms with Gasteiger partial charge in [-0.15, -0.1) is 0 Å². The summed E-state index contributed by atoms with van der Waals surface area (Å²) in [5.74, 6) is -4.44. The van der Waals surface area contributed by atoms with Gasteiger partial charge < -0.3 is 0 Å². The largest absolute Gasteiger partial charge is 0.300 e. The molecule has 2 aromatic heterocycles. The SMILES string of the molecule is CC1(C)N=C(c2ccc3ccc(C#N)n3n2)c2cccc(F)c2C1(F)F. The molecule has 3 heterocycles. The van der Waals surface area contributed by atoms with Crippen LogP contribution in [0.1, 0.15) is 36.4 Å². The number of benzene rings is 1. The fourth-order valence-corrected chi connectivity index (χ4v) is 3.15. The lowest BCUT2D eigenvalue weighted by Crippen LogP contribution is -2.45. The van der Waals surface area contributed by atoms with Crippen LogP contribution in [-0.4, -0.2) is 20.9 Å². The average molecular weight is 354 g/mol. The number of aromatic nitrogens is 2. The highest BCUT2D eigenvalue weighted by atomic mass is 19.3. The van der Waals surface area contributed by atoms with Crippen molar-refractivity contribution < 1.29 is 13.2 Å². The van der Waals surface area contributed by atoms with Gasteiger partial charge in [-0.2, -0.15) is 19.1 Å². The summed E-state index contributed by atoms with van der Waals surface area (Å²) < 4.78 is 45.4. The number of nitriles is 1. The first-order valence-electron chi connectivity index (χ1n) is 7.92. The normalized spacial score (nSPS) is 17.5. The molecule has 0 spiro atoms. The molecule has 3 aromatic rings. The second-order valence-corrected chi connectivity index (χ2v) is 6.64. The van der Waals surface area contributed by atoms with Gasteiger partial charge in [-0.05, 0) is 44.2 Å². The molecule has 0 radical (unpaired) electrons. The zero-order chi connectivity index (χ0) is 18.7. The average Bonchev–Trinajstić information content (AvgIpc) is 3.00. The van der Waals surface area contributed by atoms with Gasteiger partial charge in [-0.3, -0.25) is 4.99 Å². The molecule has 0 amide bonds. The molecule has 0 atom stereocenters. The van der Waals surface area contributed by atoms with Crippen molar-refractivity contribution in [2.75, 3.05) is 0 Å². The van der Waals surface area contributed by atoms with Gasteiger partial charge in [0.15, 0.2) is 0 Å². The second-order valence-electron chi connectivity index (χ2n) is 6.64. The zero-order valence-electron chi connectivity index (χ0n) is 14.0. The first-order chi connectivity index (χ1) is 12.3. The van der Waals surface area contributed by atoms with E-state index in [0.717, 1.165) is 6.07 Å². The van der Waals surface area contributed by atoms with Gasteiger partial charge in [-0.25, -0.2) is 8.91 Å². The Balaban J connectivity index is 2.02. The maximum Gasteiger partial charge on any atom is 0.300 e. The van der Waals surface area contributed by atoms with Crippen molar-refractivity contribution >= 4 is 11.2 Å². The van der Waals surface area contributed by atoms with Gasteiger partial charge in [0.1, 0.15) is 28.8 Å². The Morgan fingerprint density at radius 1 is 1.08 bits per heavy atom. The summed E-state index contributed by atoms with van der Waals surface area (Å²) in [6, 6.07) is 12.5. The number of fused-ring (bicyclic) bond motifs is 2. The van der Waals surface area contributed by atoms with Gasteiger partial charge in [-0.1, -0.05) is 12.1 Å². The molecule has 1 aliphatic rings. The maximum absolute atomic E-state index is 14.8. The first-order valence-corrected chi connectivity index (χ1v) is 7.92. The molecule has 0 bridgehead atoms. The van der Waals surface area contributed by atoms with Gasteiger partial charge in [0, 0.05) is 5.56 Å². The van der Waals surface area contributed by atoms with E-state index in [1.165, 1.54) is 30.5 Å². The summed E-state index contributed by atoms with van der Waals surface area (Å²) in [6.07, 6.45) is 0. The number of nitrogens with zero attached hydrogens (tertiary/aromatic N) is 4. The van der Waals surface area contributed by atoms with E-state index in [0.29, 0.717) is 16.9 Å². The molecule has 0 saturated carbocycles. The summed E-state index contributed by atoms with van der Waals surface area (Å²) in [5.41, 5.74) is -1.05. The van der Waals surface area contributed by atoms with Crippen molar-refractivity contribution in [2.45, 2.75) is 25.3 Å². The summed E-state index contributed by atoms with van der Waals surface area (Å²) in [4.78, 5) is 4.21. The monoisotopic (exact) mass is 354 g/mol. The van der Waals surface area contributed by atoms with Crippen LogP contribution in [0.2, 0.25) is 0 Å². The van der Waals surface area contributed by atoms with E-state index in [1.54, 1.807) is 24.3 Å². The fraction of sp³-hybridized carbons (Fsp3) is 0.211. The molecule has 130 valence electrons. The van der Waals surface area contributed by atoms with Crippen LogP contribution in [0.4, 0.5) is 13.2 Å². The van der Waals surface area contributed by atoms with Crippen LogP contribution in [-0.2, 0) is 5.92 Å². The molecule has 4 rings (SSSR count). The van der Waals surface area contributed by atoms with Crippen LogP contribution in [0.15, 0.2) is 47.5 Å². The van der Waals surface area contributed by atoms with Crippen LogP contribution in [0, 0.1) is 17.1 Å². The molecule has 0 aliphatic carbocycles. The maximum atomic E-state index is 14.8. The van der Waals surface area contributed by atoms with E-state index in [-0.39, 0.29) is 11.3 Å². The predicted molar refractivity (Wildman–Crippen MR) is 89.9 cm³/mol. The molecule has 0 fully saturated rings. The Bertz CT molecular complexity index is 1120. The van der Waals surface area contributed by atoms with Crippen LogP contribution in [0.3, 0.4) is 0 Å². The predicted octanol–water partition coefficient (Wildman–Crippen LogP) is 4.07. The molecule has 1 aliphatic heterocycles. The van der Waals surface area contributed by atoms with Gasteiger partial charge in [0.25, 0.3) is 0 Å². The smallest absolute Gasteiger partial charge is 0.270 e. The third-order valence-electron chi connectivity index (χ3n) is 4.60. The second kappa shape index (κ2) is 5.18. The zero-order valence-corrected chi connectivity index (χ0v) is 14.0. The molecular formula is C19H13F3N4. The fourth-order valence-electron chi connectivity index (χ4n) is 3.15. The van der Waals surface area contributed by atoms with Gasteiger partial charge in [0.2, 0.25) is 0 Å². The van der Waals surface area contributed by atoms with E-state index in [9.17, 15) is 18.4 Å². The number of alkyl halides is 2. The van der Waals surface area contributed by atoms with Crippen LogP contribution < -0.4 is 0 Å². The topological polar surface area (TPSA) is 53.5 Å².